The van der Waals surface area contributed by atoms with Gasteiger partial charge in [-0.15, -0.1) is 10.2 Å². The zero-order valence-corrected chi connectivity index (χ0v) is 15.0. The van der Waals surface area contributed by atoms with Crippen molar-refractivity contribution in [2.45, 2.75) is 12.8 Å². The van der Waals surface area contributed by atoms with Crippen LogP contribution in [0.5, 0.6) is 5.75 Å². The smallest absolute Gasteiger partial charge is 0.200 e. The minimum atomic E-state index is 0.716. The Morgan fingerprint density at radius 1 is 1.15 bits per heavy atom. The monoisotopic (exact) mass is 360 g/mol. The molecule has 7 nitrogen and oxygen atoms in total. The van der Waals surface area contributed by atoms with Crippen LogP contribution >= 0.6 is 0 Å². The van der Waals surface area contributed by atoms with Crippen LogP contribution in [0.3, 0.4) is 0 Å². The maximum atomic E-state index is 5.23. The van der Waals surface area contributed by atoms with Gasteiger partial charge in [0.15, 0.2) is 0 Å². The van der Waals surface area contributed by atoms with Crippen molar-refractivity contribution in [1.82, 2.24) is 24.8 Å². The molecule has 0 saturated heterocycles. The minimum Gasteiger partial charge on any atom is -0.497 e. The molecule has 0 aliphatic carbocycles. The normalized spacial score (nSPS) is 10.9. The van der Waals surface area contributed by atoms with E-state index >= 15 is 0 Å². The summed E-state index contributed by atoms with van der Waals surface area (Å²) in [5, 5.41) is 16.2. The van der Waals surface area contributed by atoms with Crippen molar-refractivity contribution in [3.05, 3.63) is 66.7 Å². The number of hydrogen-bond donors (Lipinski definition) is 1. The van der Waals surface area contributed by atoms with Crippen molar-refractivity contribution < 1.29 is 4.74 Å². The quantitative estimate of drug-likeness (QED) is 0.510. The van der Waals surface area contributed by atoms with E-state index < -0.39 is 0 Å². The summed E-state index contributed by atoms with van der Waals surface area (Å²) in [6.07, 6.45) is 7.28. The first kappa shape index (κ1) is 17.0. The second-order valence-electron chi connectivity index (χ2n) is 6.16. The van der Waals surface area contributed by atoms with E-state index in [0.717, 1.165) is 42.1 Å². The van der Waals surface area contributed by atoms with Gasteiger partial charge in [0, 0.05) is 24.5 Å². The molecule has 0 atom stereocenters. The SMILES string of the molecule is COc1ccc(-c2cc(NCCCc3cccnc3)c3nncn3n2)cc1. The summed E-state index contributed by atoms with van der Waals surface area (Å²) in [4.78, 5) is 4.15. The van der Waals surface area contributed by atoms with E-state index in [1.807, 2.05) is 42.6 Å². The first-order valence-electron chi connectivity index (χ1n) is 8.82. The molecular weight excluding hydrogens is 340 g/mol. The molecule has 4 rings (SSSR count). The summed E-state index contributed by atoms with van der Waals surface area (Å²) >= 11 is 0. The fraction of sp³-hybridized carbons (Fsp3) is 0.200. The van der Waals surface area contributed by atoms with Gasteiger partial charge in [0.2, 0.25) is 5.65 Å². The maximum absolute atomic E-state index is 5.23. The molecule has 0 aliphatic heterocycles. The number of aromatic nitrogens is 5. The van der Waals surface area contributed by atoms with Crippen LogP contribution in [-0.2, 0) is 6.42 Å². The summed E-state index contributed by atoms with van der Waals surface area (Å²) in [7, 11) is 1.66. The lowest BCUT2D eigenvalue weighted by atomic mass is 10.1. The second-order valence-corrected chi connectivity index (χ2v) is 6.16. The number of benzene rings is 1. The van der Waals surface area contributed by atoms with Gasteiger partial charge >= 0.3 is 0 Å². The first-order chi connectivity index (χ1) is 13.3. The summed E-state index contributed by atoms with van der Waals surface area (Å²) < 4.78 is 6.92. The zero-order valence-electron chi connectivity index (χ0n) is 15.0. The molecule has 27 heavy (non-hydrogen) atoms. The van der Waals surface area contributed by atoms with Crippen LogP contribution in [0.2, 0.25) is 0 Å². The number of methoxy groups -OCH3 is 1. The molecule has 0 aliphatic rings. The Kier molecular flexibility index (Phi) is 4.91. The lowest BCUT2D eigenvalue weighted by Crippen LogP contribution is -2.06. The lowest BCUT2D eigenvalue weighted by molar-refractivity contribution is 0.415. The molecule has 0 saturated carbocycles. The van der Waals surface area contributed by atoms with Gasteiger partial charge < -0.3 is 10.1 Å². The molecule has 0 fully saturated rings. The highest BCUT2D eigenvalue weighted by molar-refractivity contribution is 5.73. The Labute approximate surface area is 157 Å². The minimum absolute atomic E-state index is 0.716. The van der Waals surface area contributed by atoms with E-state index in [2.05, 4.69) is 31.7 Å². The molecule has 7 heteroatoms. The second kappa shape index (κ2) is 7.82. The van der Waals surface area contributed by atoms with E-state index in [9.17, 15) is 0 Å². The number of rotatable bonds is 7. The number of aryl methyl sites for hydroxylation is 1. The van der Waals surface area contributed by atoms with Crippen LogP contribution in [0.25, 0.3) is 16.9 Å². The Bertz CT molecular complexity index is 1010. The highest BCUT2D eigenvalue weighted by Gasteiger charge is 2.09. The molecule has 3 heterocycles. The van der Waals surface area contributed by atoms with Crippen molar-refractivity contribution in [2.24, 2.45) is 0 Å². The maximum Gasteiger partial charge on any atom is 0.200 e. The average Bonchev–Trinajstić information content (AvgIpc) is 3.21. The predicted octanol–water partition coefficient (Wildman–Crippen LogP) is 3.24. The Morgan fingerprint density at radius 3 is 2.81 bits per heavy atom. The lowest BCUT2D eigenvalue weighted by Gasteiger charge is -2.10. The van der Waals surface area contributed by atoms with Gasteiger partial charge in [-0.05, 0) is 54.8 Å². The Hall–Kier alpha value is -3.48. The fourth-order valence-corrected chi connectivity index (χ4v) is 2.92. The fourth-order valence-electron chi connectivity index (χ4n) is 2.92. The van der Waals surface area contributed by atoms with Crippen molar-refractivity contribution >= 4 is 11.3 Å². The topological polar surface area (TPSA) is 77.2 Å². The van der Waals surface area contributed by atoms with Crippen LogP contribution in [0, 0.1) is 0 Å². The van der Waals surface area contributed by atoms with Gasteiger partial charge in [-0.2, -0.15) is 9.61 Å². The van der Waals surface area contributed by atoms with E-state index in [4.69, 9.17) is 4.74 Å². The molecule has 4 aromatic rings. The third kappa shape index (κ3) is 3.87. The summed E-state index contributed by atoms with van der Waals surface area (Å²) in [6, 6.07) is 13.9. The van der Waals surface area contributed by atoms with Crippen LogP contribution in [0.15, 0.2) is 61.2 Å². The molecule has 3 aromatic heterocycles. The highest BCUT2D eigenvalue weighted by atomic mass is 16.5. The summed E-state index contributed by atoms with van der Waals surface area (Å²) in [6.45, 7) is 0.823. The Morgan fingerprint density at radius 2 is 2.04 bits per heavy atom. The predicted molar refractivity (Wildman–Crippen MR) is 104 cm³/mol. The molecule has 0 unspecified atom stereocenters. The van der Waals surface area contributed by atoms with E-state index in [-0.39, 0.29) is 0 Å². The average molecular weight is 360 g/mol. The number of nitrogens with one attached hydrogen (secondary N) is 1. The number of pyridine rings is 1. The van der Waals surface area contributed by atoms with Crippen LogP contribution in [0.1, 0.15) is 12.0 Å². The van der Waals surface area contributed by atoms with Crippen LogP contribution in [0.4, 0.5) is 5.69 Å². The van der Waals surface area contributed by atoms with Gasteiger partial charge in [-0.1, -0.05) is 6.07 Å². The number of fused-ring (bicyclic) bond motifs is 1. The third-order valence-corrected chi connectivity index (χ3v) is 4.33. The molecule has 0 bridgehead atoms. The largest absolute Gasteiger partial charge is 0.497 e. The van der Waals surface area contributed by atoms with Gasteiger partial charge in [0.1, 0.15) is 12.1 Å². The van der Waals surface area contributed by atoms with Gasteiger partial charge in [-0.3, -0.25) is 4.98 Å². The Balaban J connectivity index is 1.51. The molecular formula is C20H20N6O. The molecule has 1 N–H and O–H groups in total. The van der Waals surface area contributed by atoms with Gasteiger partial charge in [0.05, 0.1) is 18.5 Å². The first-order valence-corrected chi connectivity index (χ1v) is 8.82. The van der Waals surface area contributed by atoms with Crippen molar-refractivity contribution in [3.63, 3.8) is 0 Å². The molecule has 0 spiro atoms. The number of nitrogens with zero attached hydrogens (tertiary/aromatic N) is 5. The summed E-state index contributed by atoms with van der Waals surface area (Å²) in [5.41, 5.74) is 4.72. The van der Waals surface area contributed by atoms with E-state index in [1.165, 1.54) is 5.56 Å². The standard InChI is InChI=1S/C20H20N6O/c1-27-17-8-6-16(7-9-17)18-12-19(20-24-23-14-26(20)25-18)22-11-3-5-15-4-2-10-21-13-15/h2,4,6-10,12-14,22H,3,5,11H2,1H3. The molecule has 1 aromatic carbocycles. The van der Waals surface area contributed by atoms with E-state index in [0.29, 0.717) is 5.65 Å². The highest BCUT2D eigenvalue weighted by Crippen LogP contribution is 2.25. The van der Waals surface area contributed by atoms with Gasteiger partial charge in [0.25, 0.3) is 0 Å². The van der Waals surface area contributed by atoms with Gasteiger partial charge in [-0.25, -0.2) is 0 Å². The van der Waals surface area contributed by atoms with Crippen molar-refractivity contribution in [3.8, 4) is 17.0 Å². The third-order valence-electron chi connectivity index (χ3n) is 4.33. The summed E-state index contributed by atoms with van der Waals surface area (Å²) in [5.74, 6) is 0.817. The molecule has 136 valence electrons. The van der Waals surface area contributed by atoms with Crippen molar-refractivity contribution in [1.29, 1.82) is 0 Å². The van der Waals surface area contributed by atoms with Crippen molar-refractivity contribution in [2.75, 3.05) is 19.0 Å². The number of ether oxygens (including phenoxy) is 1. The number of anilines is 1. The van der Waals surface area contributed by atoms with Crippen LogP contribution < -0.4 is 10.1 Å². The van der Waals surface area contributed by atoms with E-state index in [1.54, 1.807) is 24.1 Å². The zero-order chi connectivity index (χ0) is 18.5. The molecule has 0 amide bonds. The van der Waals surface area contributed by atoms with Crippen LogP contribution in [-0.4, -0.2) is 38.4 Å². The molecule has 0 radical (unpaired) electrons. The number of hydrogen-bond acceptors (Lipinski definition) is 6.